The summed E-state index contributed by atoms with van der Waals surface area (Å²) in [6, 6.07) is 5.79. The van der Waals surface area contributed by atoms with Gasteiger partial charge in [-0.3, -0.25) is 19.9 Å². The summed E-state index contributed by atoms with van der Waals surface area (Å²) in [5.41, 5.74) is 0.0226. The molecule has 30 heavy (non-hydrogen) atoms. The molecular formula is C22H29N3O5. The summed E-state index contributed by atoms with van der Waals surface area (Å²) in [5.74, 6) is -2.24. The summed E-state index contributed by atoms with van der Waals surface area (Å²) in [6.45, 7) is 6.67. The van der Waals surface area contributed by atoms with E-state index in [2.05, 4.69) is 31.1 Å². The second-order valence-corrected chi connectivity index (χ2v) is 9.32. The van der Waals surface area contributed by atoms with Crippen LogP contribution in [0.2, 0.25) is 0 Å². The van der Waals surface area contributed by atoms with Crippen molar-refractivity contribution in [2.45, 2.75) is 46.1 Å². The minimum atomic E-state index is -1.21. The SMILES string of the molecule is COc1ccccc1N1C(=O)NC(=O)C(C=NC[C@]2(C)C[C@H](O)CC(C)(C)C2)C1=O. The number of hydrogen-bond donors (Lipinski definition) is 2. The molecule has 1 saturated heterocycles. The van der Waals surface area contributed by atoms with E-state index in [0.29, 0.717) is 18.7 Å². The van der Waals surface area contributed by atoms with Crippen molar-refractivity contribution >= 4 is 29.7 Å². The van der Waals surface area contributed by atoms with Crippen LogP contribution in [0.3, 0.4) is 0 Å². The van der Waals surface area contributed by atoms with Crippen molar-refractivity contribution in [3.8, 4) is 5.75 Å². The number of nitrogens with zero attached hydrogens (tertiary/aromatic N) is 2. The molecule has 0 aromatic heterocycles. The average Bonchev–Trinajstić information content (AvgIpc) is 2.62. The predicted octanol–water partition coefficient (Wildman–Crippen LogP) is 2.54. The van der Waals surface area contributed by atoms with Crippen LogP contribution in [0.25, 0.3) is 0 Å². The van der Waals surface area contributed by atoms with Crippen molar-refractivity contribution < 1.29 is 24.2 Å². The number of hydrogen-bond acceptors (Lipinski definition) is 6. The third-order valence-corrected chi connectivity index (χ3v) is 5.68. The number of aliphatic imine (C=N–C) groups is 1. The maximum absolute atomic E-state index is 13.0. The Morgan fingerprint density at radius 2 is 1.93 bits per heavy atom. The number of carbonyl (C=O) groups is 3. The summed E-state index contributed by atoms with van der Waals surface area (Å²) in [6.07, 6.45) is 3.15. The highest BCUT2D eigenvalue weighted by atomic mass is 16.5. The molecule has 8 heteroatoms. The first-order valence-corrected chi connectivity index (χ1v) is 10.1. The van der Waals surface area contributed by atoms with E-state index in [1.54, 1.807) is 24.3 Å². The lowest BCUT2D eigenvalue weighted by Gasteiger charge is -2.44. The Bertz CT molecular complexity index is 881. The van der Waals surface area contributed by atoms with Gasteiger partial charge in [-0.25, -0.2) is 9.69 Å². The fraction of sp³-hybridized carbons (Fsp3) is 0.545. The molecule has 0 radical (unpaired) electrons. The molecule has 1 heterocycles. The minimum absolute atomic E-state index is 0.00689. The standard InChI is InChI=1S/C22H29N3O5/c1-21(2)9-14(26)10-22(3,12-21)13-23-11-15-18(27)24-20(29)25(19(15)28)16-7-5-6-8-17(16)30-4/h5-8,11,14-15,26H,9-10,12-13H2,1-4H3,(H,24,27,29)/t14-,15?,22-/m1/s1. The third kappa shape index (κ3) is 4.53. The quantitative estimate of drug-likeness (QED) is 0.568. The highest BCUT2D eigenvalue weighted by molar-refractivity contribution is 6.32. The zero-order chi connectivity index (χ0) is 22.1. The number of aliphatic hydroxyl groups is 1. The Hall–Kier alpha value is -2.74. The number of amides is 4. The van der Waals surface area contributed by atoms with Crippen molar-refractivity contribution in [1.82, 2.24) is 5.32 Å². The number of rotatable bonds is 5. The van der Waals surface area contributed by atoms with Gasteiger partial charge in [0, 0.05) is 12.8 Å². The molecule has 1 unspecified atom stereocenters. The van der Waals surface area contributed by atoms with Crippen molar-refractivity contribution in [1.29, 1.82) is 0 Å². The highest BCUT2D eigenvalue weighted by Gasteiger charge is 2.43. The van der Waals surface area contributed by atoms with Crippen LogP contribution in [0.4, 0.5) is 10.5 Å². The third-order valence-electron chi connectivity index (χ3n) is 5.68. The number of methoxy groups -OCH3 is 1. The number of anilines is 1. The monoisotopic (exact) mass is 415 g/mol. The molecule has 2 aliphatic rings. The first-order valence-electron chi connectivity index (χ1n) is 10.1. The Kier molecular flexibility index (Phi) is 5.99. The largest absolute Gasteiger partial charge is 0.495 e. The summed E-state index contributed by atoms with van der Waals surface area (Å²) in [4.78, 5) is 43.0. The smallest absolute Gasteiger partial charge is 0.335 e. The fourth-order valence-corrected chi connectivity index (χ4v) is 4.84. The van der Waals surface area contributed by atoms with Crippen molar-refractivity contribution in [2.75, 3.05) is 18.6 Å². The lowest BCUT2D eigenvalue weighted by molar-refractivity contribution is -0.131. The number of imide groups is 2. The van der Waals surface area contributed by atoms with Crippen LogP contribution < -0.4 is 15.0 Å². The van der Waals surface area contributed by atoms with Crippen molar-refractivity contribution in [3.05, 3.63) is 24.3 Å². The second kappa shape index (κ2) is 8.18. The van der Waals surface area contributed by atoms with Gasteiger partial charge in [0.1, 0.15) is 5.75 Å². The highest BCUT2D eigenvalue weighted by Crippen LogP contribution is 2.46. The molecule has 1 aromatic carbocycles. The second-order valence-electron chi connectivity index (χ2n) is 9.32. The minimum Gasteiger partial charge on any atom is -0.495 e. The van der Waals surface area contributed by atoms with Gasteiger partial charge in [-0.1, -0.05) is 32.9 Å². The number of carbonyl (C=O) groups excluding carboxylic acids is 3. The number of aliphatic hydroxyl groups excluding tert-OH is 1. The zero-order valence-electron chi connectivity index (χ0n) is 17.8. The van der Waals surface area contributed by atoms with E-state index in [9.17, 15) is 19.5 Å². The van der Waals surface area contributed by atoms with Crippen molar-refractivity contribution in [3.63, 3.8) is 0 Å². The fourth-order valence-electron chi connectivity index (χ4n) is 4.84. The molecule has 0 bridgehead atoms. The molecule has 1 aromatic rings. The van der Waals surface area contributed by atoms with E-state index in [1.165, 1.54) is 13.3 Å². The average molecular weight is 415 g/mol. The number of nitrogens with one attached hydrogen (secondary N) is 1. The molecule has 1 aliphatic carbocycles. The van der Waals surface area contributed by atoms with Gasteiger partial charge in [-0.15, -0.1) is 0 Å². The molecule has 162 valence electrons. The van der Waals surface area contributed by atoms with Gasteiger partial charge >= 0.3 is 6.03 Å². The molecular weight excluding hydrogens is 386 g/mol. The van der Waals surface area contributed by atoms with Crippen LogP contribution in [0, 0.1) is 16.7 Å². The van der Waals surface area contributed by atoms with Crippen LogP contribution in [0.15, 0.2) is 29.3 Å². The molecule has 2 fully saturated rings. The first kappa shape index (κ1) is 22.0. The molecule has 1 saturated carbocycles. The number of urea groups is 1. The normalized spacial score (nSPS) is 29.2. The van der Waals surface area contributed by atoms with Gasteiger partial charge in [-0.2, -0.15) is 0 Å². The van der Waals surface area contributed by atoms with Crippen LogP contribution in [0.5, 0.6) is 5.75 Å². The van der Waals surface area contributed by atoms with E-state index in [1.807, 2.05) is 0 Å². The van der Waals surface area contributed by atoms with Gasteiger partial charge < -0.3 is 9.84 Å². The van der Waals surface area contributed by atoms with E-state index < -0.39 is 29.9 Å². The maximum Gasteiger partial charge on any atom is 0.335 e. The van der Waals surface area contributed by atoms with E-state index in [4.69, 9.17) is 4.74 Å². The van der Waals surface area contributed by atoms with Gasteiger partial charge in [0.25, 0.3) is 5.91 Å². The lowest BCUT2D eigenvalue weighted by atomic mass is 9.63. The number of ether oxygens (including phenoxy) is 1. The topological polar surface area (TPSA) is 108 Å². The molecule has 1 aliphatic heterocycles. The molecule has 4 amide bonds. The Morgan fingerprint density at radius 3 is 2.60 bits per heavy atom. The molecule has 3 rings (SSSR count). The van der Waals surface area contributed by atoms with E-state index >= 15 is 0 Å². The Morgan fingerprint density at radius 1 is 1.23 bits per heavy atom. The summed E-state index contributed by atoms with van der Waals surface area (Å²) in [5, 5.41) is 12.4. The van der Waals surface area contributed by atoms with Crippen LogP contribution in [-0.4, -0.2) is 48.9 Å². The van der Waals surface area contributed by atoms with E-state index in [0.717, 1.165) is 17.7 Å². The van der Waals surface area contributed by atoms with Gasteiger partial charge in [0.15, 0.2) is 5.92 Å². The van der Waals surface area contributed by atoms with E-state index in [-0.39, 0.29) is 16.5 Å². The summed E-state index contributed by atoms with van der Waals surface area (Å²) in [7, 11) is 1.44. The zero-order valence-corrected chi connectivity index (χ0v) is 17.8. The summed E-state index contributed by atoms with van der Waals surface area (Å²) < 4.78 is 5.24. The van der Waals surface area contributed by atoms with Crippen molar-refractivity contribution in [2.24, 2.45) is 21.7 Å². The maximum atomic E-state index is 13.0. The molecule has 8 nitrogen and oxygen atoms in total. The number of para-hydroxylation sites is 2. The van der Waals surface area contributed by atoms with Crippen LogP contribution in [-0.2, 0) is 9.59 Å². The number of barbiturate groups is 1. The van der Waals surface area contributed by atoms with Gasteiger partial charge in [0.05, 0.1) is 18.9 Å². The van der Waals surface area contributed by atoms with Crippen LogP contribution in [0.1, 0.15) is 40.0 Å². The lowest BCUT2D eigenvalue weighted by Crippen LogP contribution is -2.58. The summed E-state index contributed by atoms with van der Waals surface area (Å²) >= 11 is 0. The van der Waals surface area contributed by atoms with Crippen LogP contribution >= 0.6 is 0 Å². The van der Waals surface area contributed by atoms with Gasteiger partial charge in [-0.05, 0) is 42.2 Å². The predicted molar refractivity (Wildman–Crippen MR) is 113 cm³/mol. The number of benzene rings is 1. The molecule has 0 spiro atoms. The first-order chi connectivity index (χ1) is 14.1. The Labute approximate surface area is 176 Å². The van der Waals surface area contributed by atoms with Gasteiger partial charge in [0.2, 0.25) is 5.91 Å². The molecule has 3 atom stereocenters. The molecule has 2 N–H and O–H groups in total. The Balaban J connectivity index is 1.79.